The Hall–Kier alpha value is -2.13. The lowest BCUT2D eigenvalue weighted by Crippen LogP contribution is -2.08. The van der Waals surface area contributed by atoms with E-state index in [0.717, 1.165) is 24.9 Å². The summed E-state index contributed by atoms with van der Waals surface area (Å²) in [4.78, 5) is 0.453. The average Bonchev–Trinajstić information content (AvgIpc) is 2.91. The van der Waals surface area contributed by atoms with Gasteiger partial charge in [-0.15, -0.1) is 0 Å². The Balaban J connectivity index is 1.71. The summed E-state index contributed by atoms with van der Waals surface area (Å²) in [6.45, 7) is 1.02. The van der Waals surface area contributed by atoms with Gasteiger partial charge in [0.05, 0.1) is 0 Å². The first-order valence-electron chi connectivity index (χ1n) is 7.17. The number of rotatable bonds is 5. The molecular formula is C18H18N2S. The van der Waals surface area contributed by atoms with Crippen molar-refractivity contribution in [1.29, 1.82) is 0 Å². The van der Waals surface area contributed by atoms with Crippen molar-refractivity contribution in [3.63, 3.8) is 0 Å². The first-order chi connectivity index (χ1) is 10.2. The molecule has 2 aromatic carbocycles. The zero-order valence-corrected chi connectivity index (χ0v) is 12.6. The molecule has 2 nitrogen and oxygen atoms in total. The second-order valence-electron chi connectivity index (χ2n) is 5.24. The molecule has 0 spiro atoms. The predicted octanol–water partition coefficient (Wildman–Crippen LogP) is 3.91. The molecule has 3 aromatic rings. The minimum atomic E-state index is 0.453. The molecule has 0 aliphatic rings. The Bertz CT molecular complexity index is 759. The molecule has 1 heterocycles. The van der Waals surface area contributed by atoms with Gasteiger partial charge >= 0.3 is 0 Å². The van der Waals surface area contributed by atoms with Crippen LogP contribution < -0.4 is 5.73 Å². The molecule has 1 aromatic heterocycles. The Morgan fingerprint density at radius 3 is 2.62 bits per heavy atom. The Morgan fingerprint density at radius 1 is 1.05 bits per heavy atom. The summed E-state index contributed by atoms with van der Waals surface area (Å²) < 4.78 is 2.29. The summed E-state index contributed by atoms with van der Waals surface area (Å²) in [7, 11) is 0. The molecule has 21 heavy (non-hydrogen) atoms. The molecule has 3 heteroatoms. The van der Waals surface area contributed by atoms with E-state index in [0.29, 0.717) is 4.99 Å². The molecule has 2 N–H and O–H groups in total. The summed E-state index contributed by atoms with van der Waals surface area (Å²) in [6, 6.07) is 18.9. The highest BCUT2D eigenvalue weighted by Crippen LogP contribution is 2.18. The molecule has 0 radical (unpaired) electrons. The maximum absolute atomic E-state index is 5.68. The first kappa shape index (κ1) is 13.8. The summed E-state index contributed by atoms with van der Waals surface area (Å²) in [5, 5.41) is 1.19. The maximum atomic E-state index is 5.68. The van der Waals surface area contributed by atoms with E-state index in [9.17, 15) is 0 Å². The van der Waals surface area contributed by atoms with Gasteiger partial charge < -0.3 is 10.3 Å². The normalized spacial score (nSPS) is 10.9. The van der Waals surface area contributed by atoms with Crippen LogP contribution in [0.3, 0.4) is 0 Å². The molecule has 0 saturated carbocycles. The highest BCUT2D eigenvalue weighted by atomic mass is 32.1. The fourth-order valence-corrected chi connectivity index (χ4v) is 2.77. The topological polar surface area (TPSA) is 30.9 Å². The van der Waals surface area contributed by atoms with Gasteiger partial charge in [0.25, 0.3) is 0 Å². The lowest BCUT2D eigenvalue weighted by atomic mass is 10.1. The van der Waals surface area contributed by atoms with Gasteiger partial charge in [-0.2, -0.15) is 0 Å². The lowest BCUT2D eigenvalue weighted by molar-refractivity contribution is 0.662. The summed E-state index contributed by atoms with van der Waals surface area (Å²) in [5.41, 5.74) is 9.24. The molecule has 106 valence electrons. The number of benzene rings is 2. The molecule has 0 unspecified atom stereocenters. The van der Waals surface area contributed by atoms with E-state index in [1.807, 2.05) is 6.07 Å². The van der Waals surface area contributed by atoms with E-state index in [1.54, 1.807) is 0 Å². The van der Waals surface area contributed by atoms with Crippen molar-refractivity contribution in [2.75, 3.05) is 0 Å². The predicted molar refractivity (Wildman–Crippen MR) is 92.6 cm³/mol. The lowest BCUT2D eigenvalue weighted by Gasteiger charge is -2.06. The Kier molecular flexibility index (Phi) is 4.02. The molecule has 0 fully saturated rings. The van der Waals surface area contributed by atoms with E-state index in [4.69, 9.17) is 18.0 Å². The monoisotopic (exact) mass is 294 g/mol. The van der Waals surface area contributed by atoms with Gasteiger partial charge in [0.15, 0.2) is 0 Å². The maximum Gasteiger partial charge on any atom is 0.104 e. The average molecular weight is 294 g/mol. The third kappa shape index (κ3) is 3.14. The van der Waals surface area contributed by atoms with Crippen LogP contribution in [0, 0.1) is 0 Å². The van der Waals surface area contributed by atoms with Crippen LogP contribution in [-0.2, 0) is 13.0 Å². The fraction of sp³-hybridized carbons (Fsp3) is 0.167. The van der Waals surface area contributed by atoms with Crippen molar-refractivity contribution in [2.45, 2.75) is 19.4 Å². The number of aromatic nitrogens is 1. The van der Waals surface area contributed by atoms with Crippen LogP contribution in [0.1, 0.15) is 17.5 Å². The summed E-state index contributed by atoms with van der Waals surface area (Å²) in [6.07, 6.45) is 4.37. The summed E-state index contributed by atoms with van der Waals surface area (Å²) in [5.74, 6) is 0. The SMILES string of the molecule is NC(=S)c1ccc2c(ccn2CCCc2ccccc2)c1. The highest BCUT2D eigenvalue weighted by molar-refractivity contribution is 7.80. The van der Waals surface area contributed by atoms with Crippen molar-refractivity contribution < 1.29 is 0 Å². The van der Waals surface area contributed by atoms with Gasteiger partial charge in [-0.05, 0) is 42.7 Å². The van der Waals surface area contributed by atoms with E-state index >= 15 is 0 Å². The van der Waals surface area contributed by atoms with Gasteiger partial charge in [-0.3, -0.25) is 0 Å². The molecule has 0 bridgehead atoms. The van der Waals surface area contributed by atoms with Crippen LogP contribution in [-0.4, -0.2) is 9.56 Å². The molecule has 0 aliphatic carbocycles. The summed E-state index contributed by atoms with van der Waals surface area (Å²) >= 11 is 5.03. The minimum Gasteiger partial charge on any atom is -0.389 e. The van der Waals surface area contributed by atoms with E-state index in [2.05, 4.69) is 59.3 Å². The van der Waals surface area contributed by atoms with Crippen LogP contribution in [0.25, 0.3) is 10.9 Å². The smallest absolute Gasteiger partial charge is 0.104 e. The molecule has 0 amide bonds. The zero-order chi connectivity index (χ0) is 14.7. The number of nitrogens with two attached hydrogens (primary N) is 1. The Morgan fingerprint density at radius 2 is 1.86 bits per heavy atom. The quantitative estimate of drug-likeness (QED) is 0.723. The van der Waals surface area contributed by atoms with Crippen molar-refractivity contribution in [3.8, 4) is 0 Å². The number of aryl methyl sites for hydroxylation is 2. The molecule has 3 rings (SSSR count). The van der Waals surface area contributed by atoms with E-state index in [-0.39, 0.29) is 0 Å². The van der Waals surface area contributed by atoms with Gasteiger partial charge in [-0.25, -0.2) is 0 Å². The molecular weight excluding hydrogens is 276 g/mol. The molecule has 0 saturated heterocycles. The van der Waals surface area contributed by atoms with Gasteiger partial charge in [0.1, 0.15) is 4.99 Å². The third-order valence-electron chi connectivity index (χ3n) is 3.76. The van der Waals surface area contributed by atoms with Crippen molar-refractivity contribution in [2.24, 2.45) is 5.73 Å². The van der Waals surface area contributed by atoms with Crippen molar-refractivity contribution in [3.05, 3.63) is 71.9 Å². The number of hydrogen-bond acceptors (Lipinski definition) is 1. The second kappa shape index (κ2) is 6.10. The van der Waals surface area contributed by atoms with Crippen LogP contribution in [0.15, 0.2) is 60.8 Å². The largest absolute Gasteiger partial charge is 0.389 e. The standard InChI is InChI=1S/C18H18N2S/c19-18(21)16-8-9-17-15(13-16)10-12-20(17)11-4-7-14-5-2-1-3-6-14/h1-3,5-6,8-10,12-13H,4,7,11H2,(H2,19,21). The third-order valence-corrected chi connectivity index (χ3v) is 4.00. The second-order valence-corrected chi connectivity index (χ2v) is 5.68. The highest BCUT2D eigenvalue weighted by Gasteiger charge is 2.03. The fourth-order valence-electron chi connectivity index (χ4n) is 2.65. The van der Waals surface area contributed by atoms with Crippen LogP contribution >= 0.6 is 12.2 Å². The number of fused-ring (bicyclic) bond motifs is 1. The van der Waals surface area contributed by atoms with Crippen LogP contribution in [0.4, 0.5) is 0 Å². The minimum absolute atomic E-state index is 0.453. The van der Waals surface area contributed by atoms with Gasteiger partial charge in [0.2, 0.25) is 0 Å². The number of hydrogen-bond donors (Lipinski definition) is 1. The number of nitrogens with zero attached hydrogens (tertiary/aromatic N) is 1. The van der Waals surface area contributed by atoms with Crippen LogP contribution in [0.5, 0.6) is 0 Å². The Labute approximate surface area is 130 Å². The van der Waals surface area contributed by atoms with E-state index < -0.39 is 0 Å². The number of thiocarbonyl (C=S) groups is 1. The van der Waals surface area contributed by atoms with E-state index in [1.165, 1.54) is 16.5 Å². The first-order valence-corrected chi connectivity index (χ1v) is 7.57. The van der Waals surface area contributed by atoms with Crippen molar-refractivity contribution >= 4 is 28.1 Å². The van der Waals surface area contributed by atoms with Crippen molar-refractivity contribution in [1.82, 2.24) is 4.57 Å². The zero-order valence-electron chi connectivity index (χ0n) is 11.8. The van der Waals surface area contributed by atoms with Gasteiger partial charge in [-0.1, -0.05) is 42.5 Å². The molecule has 0 atom stereocenters. The molecule has 0 aliphatic heterocycles. The van der Waals surface area contributed by atoms with Gasteiger partial charge in [0, 0.05) is 29.2 Å². The van der Waals surface area contributed by atoms with Crippen LogP contribution in [0.2, 0.25) is 0 Å².